The van der Waals surface area contributed by atoms with Crippen LogP contribution in [-0.2, 0) is 18.9 Å². The van der Waals surface area contributed by atoms with E-state index in [4.69, 9.17) is 24.7 Å². The van der Waals surface area contributed by atoms with Gasteiger partial charge in [0, 0.05) is 12.3 Å². The van der Waals surface area contributed by atoms with Crippen LogP contribution >= 0.6 is 12.4 Å². The van der Waals surface area contributed by atoms with Gasteiger partial charge in [-0.3, -0.25) is 0 Å². The maximum Gasteiger partial charge on any atom is 0.176 e. The van der Waals surface area contributed by atoms with E-state index in [0.717, 1.165) is 38.7 Å². The first kappa shape index (κ1) is 31.7. The van der Waals surface area contributed by atoms with E-state index in [1.807, 2.05) is 0 Å². The van der Waals surface area contributed by atoms with Crippen molar-refractivity contribution in [3.63, 3.8) is 0 Å². The molecule has 7 rings (SSSR count). The van der Waals surface area contributed by atoms with E-state index in [0.29, 0.717) is 47.0 Å². The van der Waals surface area contributed by atoms with Crippen LogP contribution in [0.4, 0.5) is 0 Å². The summed E-state index contributed by atoms with van der Waals surface area (Å²) in [6.45, 7) is 10.2. The van der Waals surface area contributed by atoms with Crippen molar-refractivity contribution in [1.29, 1.82) is 0 Å². The monoisotopic (exact) mass is 611 g/mol. The molecule has 0 aromatic heterocycles. The number of nitrogens with two attached hydrogens (primary N) is 1. The van der Waals surface area contributed by atoms with Gasteiger partial charge in [-0.15, -0.1) is 12.4 Å². The molecule has 7 aliphatic rings. The molecule has 1 spiro atoms. The van der Waals surface area contributed by atoms with Crippen LogP contribution in [0.15, 0.2) is 11.6 Å². The molecule has 8 nitrogen and oxygen atoms in total. The van der Waals surface area contributed by atoms with Crippen molar-refractivity contribution in [2.75, 3.05) is 13.2 Å². The van der Waals surface area contributed by atoms with Gasteiger partial charge in [-0.1, -0.05) is 39.3 Å². The molecule has 3 saturated carbocycles. The van der Waals surface area contributed by atoms with Gasteiger partial charge in [-0.05, 0) is 91.8 Å². The van der Waals surface area contributed by atoms with Crippen molar-refractivity contribution in [2.45, 2.75) is 134 Å². The minimum atomic E-state index is -1.22. The maximum atomic E-state index is 10.4. The van der Waals surface area contributed by atoms with E-state index >= 15 is 0 Å². The van der Waals surface area contributed by atoms with E-state index in [-0.39, 0.29) is 36.3 Å². The first-order valence-electron chi connectivity index (χ1n) is 16.6. The molecule has 9 heteroatoms. The van der Waals surface area contributed by atoms with E-state index in [1.165, 1.54) is 31.3 Å². The van der Waals surface area contributed by atoms with E-state index in [9.17, 15) is 15.3 Å². The van der Waals surface area contributed by atoms with Gasteiger partial charge in [-0.2, -0.15) is 0 Å². The molecule has 3 saturated heterocycles. The molecule has 0 radical (unpaired) electrons. The third-order valence-electron chi connectivity index (χ3n) is 13.6. The summed E-state index contributed by atoms with van der Waals surface area (Å²) in [6.07, 6.45) is 8.60. The average molecular weight is 612 g/mol. The second-order valence-electron chi connectivity index (χ2n) is 15.6. The van der Waals surface area contributed by atoms with Gasteiger partial charge in [0.15, 0.2) is 12.1 Å². The lowest BCUT2D eigenvalue weighted by Gasteiger charge is -2.58. The zero-order valence-corrected chi connectivity index (χ0v) is 26.6. The van der Waals surface area contributed by atoms with Crippen LogP contribution in [0.25, 0.3) is 0 Å². The Kier molecular flexibility index (Phi) is 8.45. The topological polar surface area (TPSA) is 124 Å². The fourth-order valence-electron chi connectivity index (χ4n) is 11.2. The third kappa shape index (κ3) is 4.60. The highest BCUT2D eigenvalue weighted by atomic mass is 35.5. The highest BCUT2D eigenvalue weighted by Crippen LogP contribution is 2.70. The highest BCUT2D eigenvalue weighted by molar-refractivity contribution is 5.85. The second kappa shape index (κ2) is 11.2. The summed E-state index contributed by atoms with van der Waals surface area (Å²) in [6, 6.07) is -0.852. The van der Waals surface area contributed by atoms with Gasteiger partial charge in [-0.25, -0.2) is 0 Å². The predicted molar refractivity (Wildman–Crippen MR) is 160 cm³/mol. The third-order valence-corrected chi connectivity index (χ3v) is 13.6. The summed E-state index contributed by atoms with van der Waals surface area (Å²) < 4.78 is 25.6. The molecule has 16 atom stereocenters. The lowest BCUT2D eigenvalue weighted by molar-refractivity contribution is -0.280. The number of hydrogen-bond donors (Lipinski definition) is 4. The number of aliphatic hydroxyl groups is 3. The first-order valence-corrected chi connectivity index (χ1v) is 16.6. The molecule has 5 unspecified atom stereocenters. The molecular weight excluding hydrogens is 558 g/mol. The minimum absolute atomic E-state index is 0. The number of fused-ring (bicyclic) bond motifs is 7. The Morgan fingerprint density at radius 2 is 1.83 bits per heavy atom. The number of hydrogen-bond acceptors (Lipinski definition) is 8. The van der Waals surface area contributed by atoms with Crippen LogP contribution in [0.1, 0.15) is 85.5 Å². The Morgan fingerprint density at radius 1 is 1.05 bits per heavy atom. The molecule has 0 aromatic rings. The fraction of sp³-hybridized carbons (Fsp3) is 0.939. The van der Waals surface area contributed by atoms with Crippen molar-refractivity contribution in [2.24, 2.45) is 52.1 Å². The normalized spacial score (nSPS) is 57.0. The summed E-state index contributed by atoms with van der Waals surface area (Å²) >= 11 is 0. The lowest BCUT2D eigenvalue weighted by Crippen LogP contribution is -2.63. The molecule has 6 fully saturated rings. The Labute approximate surface area is 257 Å². The largest absolute Gasteiger partial charge is 0.394 e. The Morgan fingerprint density at radius 3 is 2.55 bits per heavy atom. The SMILES string of the molecule is C[C@@H]1CC[C@@]2(OC1)OC1CC3C4CC=C5C[C@@H](O[C@@H]6O[C@H](CO)[C@@H](O)[C@H](O)[C@H]6N)CC[C@]5(C)C4CC[C@]3(C)C1[C@@H]2C.Cl. The Bertz CT molecular complexity index is 1030. The molecule has 3 aliphatic heterocycles. The van der Waals surface area contributed by atoms with Crippen LogP contribution in [0.2, 0.25) is 0 Å². The summed E-state index contributed by atoms with van der Waals surface area (Å²) in [5.74, 6) is 3.38. The molecular formula is C33H54ClNO7. The zero-order chi connectivity index (χ0) is 28.9. The van der Waals surface area contributed by atoms with Crippen LogP contribution < -0.4 is 5.73 Å². The van der Waals surface area contributed by atoms with Crippen LogP contribution in [-0.4, -0.2) is 77.2 Å². The van der Waals surface area contributed by atoms with Crippen molar-refractivity contribution >= 4 is 12.4 Å². The zero-order valence-electron chi connectivity index (χ0n) is 25.8. The average Bonchev–Trinajstić information content (AvgIpc) is 3.40. The summed E-state index contributed by atoms with van der Waals surface area (Å²) in [4.78, 5) is 0. The Balaban J connectivity index is 0.00000316. The number of rotatable bonds is 3. The molecule has 0 bridgehead atoms. The number of aliphatic hydroxyl groups excluding tert-OH is 3. The van der Waals surface area contributed by atoms with Gasteiger partial charge >= 0.3 is 0 Å². The molecule has 5 N–H and O–H groups in total. The molecule has 240 valence electrons. The van der Waals surface area contributed by atoms with Crippen LogP contribution in [0.5, 0.6) is 0 Å². The van der Waals surface area contributed by atoms with Crippen molar-refractivity contribution in [1.82, 2.24) is 0 Å². The second-order valence-corrected chi connectivity index (χ2v) is 15.6. The molecule has 4 aliphatic carbocycles. The summed E-state index contributed by atoms with van der Waals surface area (Å²) in [5.41, 5.74) is 8.18. The van der Waals surface area contributed by atoms with Crippen molar-refractivity contribution in [3.8, 4) is 0 Å². The van der Waals surface area contributed by atoms with Crippen molar-refractivity contribution < 1.29 is 34.3 Å². The van der Waals surface area contributed by atoms with E-state index in [2.05, 4.69) is 33.8 Å². The van der Waals surface area contributed by atoms with Crippen LogP contribution in [0, 0.1) is 46.3 Å². The van der Waals surface area contributed by atoms with Gasteiger partial charge < -0.3 is 40.0 Å². The molecule has 0 amide bonds. The fourth-order valence-corrected chi connectivity index (χ4v) is 11.2. The first-order chi connectivity index (χ1) is 19.5. The number of ether oxygens (including phenoxy) is 4. The Hall–Kier alpha value is -0.290. The smallest absolute Gasteiger partial charge is 0.176 e. The minimum Gasteiger partial charge on any atom is -0.394 e. The quantitative estimate of drug-likeness (QED) is 0.354. The summed E-state index contributed by atoms with van der Waals surface area (Å²) in [7, 11) is 0. The lowest BCUT2D eigenvalue weighted by atomic mass is 9.47. The molecule has 0 aromatic carbocycles. The molecule has 3 heterocycles. The highest BCUT2D eigenvalue weighted by Gasteiger charge is 2.68. The molecule has 42 heavy (non-hydrogen) atoms. The van der Waals surface area contributed by atoms with Gasteiger partial charge in [0.25, 0.3) is 0 Å². The van der Waals surface area contributed by atoms with E-state index < -0.39 is 30.6 Å². The number of halogens is 1. The maximum absolute atomic E-state index is 10.4. The van der Waals surface area contributed by atoms with Gasteiger partial charge in [0.05, 0.1) is 31.5 Å². The standard InChI is InChI=1S/C33H53NO7.ClH/c1-17-7-12-33(38-16-17)18(2)26-24(41-33)14-23-21-6-5-19-13-20(8-10-31(19,3)22(21)9-11-32(23,26)4)39-30-27(34)29(37)28(36)25(15-35)40-30;/h5,17-18,20-30,35-37H,6-16,34H2,1-4H3;1H/t17-,18+,20+,21?,22?,23?,24?,25-,26?,27-,28-,29-,30-,31+,32+,33-;/m1./s1. The van der Waals surface area contributed by atoms with E-state index in [1.54, 1.807) is 0 Å². The van der Waals surface area contributed by atoms with Gasteiger partial charge in [0.2, 0.25) is 0 Å². The number of allylic oxidation sites excluding steroid dienone is 1. The summed E-state index contributed by atoms with van der Waals surface area (Å²) in [5, 5.41) is 30.1. The van der Waals surface area contributed by atoms with Crippen molar-refractivity contribution in [3.05, 3.63) is 11.6 Å². The van der Waals surface area contributed by atoms with Gasteiger partial charge in [0.1, 0.15) is 18.3 Å². The van der Waals surface area contributed by atoms with Crippen LogP contribution in [0.3, 0.4) is 0 Å². The predicted octanol–water partition coefficient (Wildman–Crippen LogP) is 3.93.